The second-order valence-electron chi connectivity index (χ2n) is 4.13. The Kier molecular flexibility index (Phi) is 5.57. The summed E-state index contributed by atoms with van der Waals surface area (Å²) in [4.78, 5) is 0. The maximum Gasteiger partial charge on any atom is 0.0482 e. The van der Waals surface area contributed by atoms with Gasteiger partial charge < -0.3 is 5.11 Å². The second-order valence-corrected chi connectivity index (χ2v) is 4.13. The minimum Gasteiger partial charge on any atom is -0.396 e. The highest BCUT2D eigenvalue weighted by molar-refractivity contribution is 4.66. The lowest BCUT2D eigenvalue weighted by molar-refractivity contribution is 0.147. The van der Waals surface area contributed by atoms with Crippen LogP contribution in [0.5, 0.6) is 0 Å². The van der Waals surface area contributed by atoms with Crippen molar-refractivity contribution in [2.75, 3.05) is 6.61 Å². The molecule has 0 aliphatic heterocycles. The highest BCUT2D eigenvalue weighted by atomic mass is 16.3. The fraction of sp³-hybridized carbons (Fsp3) is 1.00. The third-order valence-corrected chi connectivity index (χ3v) is 2.14. The van der Waals surface area contributed by atoms with E-state index in [1.165, 1.54) is 25.7 Å². The summed E-state index contributed by atoms with van der Waals surface area (Å²) in [5, 5.41) is 8.95. The van der Waals surface area contributed by atoms with E-state index in [9.17, 15) is 0 Å². The second kappa shape index (κ2) is 5.59. The van der Waals surface area contributed by atoms with Gasteiger partial charge >= 0.3 is 0 Å². The molecule has 0 saturated carbocycles. The van der Waals surface area contributed by atoms with E-state index in [0.29, 0.717) is 6.61 Å². The lowest BCUT2D eigenvalue weighted by atomic mass is 9.88. The molecule has 0 saturated heterocycles. The van der Waals surface area contributed by atoms with Crippen molar-refractivity contribution in [3.63, 3.8) is 0 Å². The van der Waals surface area contributed by atoms with Gasteiger partial charge in [-0.3, -0.25) is 0 Å². The monoisotopic (exact) mass is 158 g/mol. The molecule has 0 aliphatic carbocycles. The first kappa shape index (κ1) is 11.0. The summed E-state index contributed by atoms with van der Waals surface area (Å²) < 4.78 is 0. The van der Waals surface area contributed by atoms with E-state index in [2.05, 4.69) is 20.8 Å². The molecule has 0 fully saturated rings. The Morgan fingerprint density at radius 2 is 1.73 bits per heavy atom. The van der Waals surface area contributed by atoms with Crippen molar-refractivity contribution < 1.29 is 5.11 Å². The molecule has 0 bridgehead atoms. The molecule has 0 heterocycles. The standard InChI is InChI=1S/C10H22O/c1-4-5-6-7-8-10(2,3)9-11/h11H,4-9H2,1-3H3. The minimum absolute atomic E-state index is 0.147. The third-order valence-electron chi connectivity index (χ3n) is 2.14. The summed E-state index contributed by atoms with van der Waals surface area (Å²) in [6, 6.07) is 0. The van der Waals surface area contributed by atoms with Gasteiger partial charge in [0, 0.05) is 6.61 Å². The average molecular weight is 158 g/mol. The molecule has 11 heavy (non-hydrogen) atoms. The van der Waals surface area contributed by atoms with Crippen molar-refractivity contribution in [2.24, 2.45) is 5.41 Å². The predicted octanol–water partition coefficient (Wildman–Crippen LogP) is 2.98. The number of aliphatic hydroxyl groups is 1. The van der Waals surface area contributed by atoms with Crippen molar-refractivity contribution in [2.45, 2.75) is 52.9 Å². The maximum absolute atomic E-state index is 8.95. The molecule has 68 valence electrons. The van der Waals surface area contributed by atoms with Gasteiger partial charge in [-0.15, -0.1) is 0 Å². The van der Waals surface area contributed by atoms with Gasteiger partial charge in [0.15, 0.2) is 0 Å². The van der Waals surface area contributed by atoms with E-state index in [4.69, 9.17) is 5.11 Å². The van der Waals surface area contributed by atoms with E-state index in [1.807, 2.05) is 0 Å². The molecular weight excluding hydrogens is 136 g/mol. The molecule has 0 rings (SSSR count). The molecule has 0 spiro atoms. The molecule has 0 aromatic rings. The zero-order chi connectivity index (χ0) is 8.74. The summed E-state index contributed by atoms with van der Waals surface area (Å²) in [5.74, 6) is 0. The highest BCUT2D eigenvalue weighted by Crippen LogP contribution is 2.22. The smallest absolute Gasteiger partial charge is 0.0482 e. The van der Waals surface area contributed by atoms with Crippen LogP contribution in [0.2, 0.25) is 0 Å². The van der Waals surface area contributed by atoms with Gasteiger partial charge in [0.2, 0.25) is 0 Å². The van der Waals surface area contributed by atoms with E-state index in [1.54, 1.807) is 0 Å². The Labute approximate surface area is 70.8 Å². The molecule has 0 aromatic heterocycles. The van der Waals surface area contributed by atoms with Crippen LogP contribution >= 0.6 is 0 Å². The van der Waals surface area contributed by atoms with Crippen LogP contribution in [0.25, 0.3) is 0 Å². The number of hydrogen-bond acceptors (Lipinski definition) is 1. The summed E-state index contributed by atoms with van der Waals surface area (Å²) in [6.45, 7) is 6.79. The average Bonchev–Trinajstić information content (AvgIpc) is 1.99. The number of aliphatic hydroxyl groups excluding tert-OH is 1. The fourth-order valence-corrected chi connectivity index (χ4v) is 1.11. The zero-order valence-electron chi connectivity index (χ0n) is 8.19. The molecule has 0 unspecified atom stereocenters. The van der Waals surface area contributed by atoms with Crippen LogP contribution in [0.15, 0.2) is 0 Å². The Balaban J connectivity index is 3.23. The lowest BCUT2D eigenvalue weighted by Gasteiger charge is -2.20. The highest BCUT2D eigenvalue weighted by Gasteiger charge is 2.14. The van der Waals surface area contributed by atoms with Crippen LogP contribution < -0.4 is 0 Å². The van der Waals surface area contributed by atoms with Crippen LogP contribution in [0.3, 0.4) is 0 Å². The minimum atomic E-state index is 0.147. The maximum atomic E-state index is 8.95. The van der Waals surface area contributed by atoms with E-state index >= 15 is 0 Å². The van der Waals surface area contributed by atoms with Crippen molar-refractivity contribution in [1.82, 2.24) is 0 Å². The normalized spacial score (nSPS) is 12.0. The molecule has 0 aromatic carbocycles. The fourth-order valence-electron chi connectivity index (χ4n) is 1.11. The predicted molar refractivity (Wildman–Crippen MR) is 49.6 cm³/mol. The first-order chi connectivity index (χ1) is 5.12. The molecule has 1 N–H and O–H groups in total. The summed E-state index contributed by atoms with van der Waals surface area (Å²) >= 11 is 0. The Morgan fingerprint density at radius 3 is 2.18 bits per heavy atom. The SMILES string of the molecule is CCCCCCC(C)(C)CO. The molecule has 1 heteroatoms. The quantitative estimate of drug-likeness (QED) is 0.589. The van der Waals surface area contributed by atoms with Crippen molar-refractivity contribution in [3.8, 4) is 0 Å². The molecule has 0 aliphatic rings. The molecular formula is C10H22O. The van der Waals surface area contributed by atoms with Gasteiger partial charge in [-0.2, -0.15) is 0 Å². The lowest BCUT2D eigenvalue weighted by Crippen LogP contribution is -2.16. The number of hydrogen-bond donors (Lipinski definition) is 1. The van der Waals surface area contributed by atoms with E-state index in [0.717, 1.165) is 6.42 Å². The van der Waals surface area contributed by atoms with Crippen LogP contribution in [-0.4, -0.2) is 11.7 Å². The van der Waals surface area contributed by atoms with Gasteiger partial charge in [0.1, 0.15) is 0 Å². The van der Waals surface area contributed by atoms with Crippen LogP contribution in [0, 0.1) is 5.41 Å². The van der Waals surface area contributed by atoms with Crippen LogP contribution in [0.1, 0.15) is 52.9 Å². The first-order valence-corrected chi connectivity index (χ1v) is 4.73. The van der Waals surface area contributed by atoms with Crippen molar-refractivity contribution in [1.29, 1.82) is 0 Å². The summed E-state index contributed by atoms with van der Waals surface area (Å²) in [7, 11) is 0. The van der Waals surface area contributed by atoms with Gasteiger partial charge in [0.05, 0.1) is 0 Å². The van der Waals surface area contributed by atoms with Crippen LogP contribution in [0.4, 0.5) is 0 Å². The molecule has 0 radical (unpaired) electrons. The number of unbranched alkanes of at least 4 members (excludes halogenated alkanes) is 3. The number of rotatable bonds is 6. The molecule has 0 atom stereocenters. The van der Waals surface area contributed by atoms with Crippen LogP contribution in [-0.2, 0) is 0 Å². The Hall–Kier alpha value is -0.0400. The van der Waals surface area contributed by atoms with E-state index in [-0.39, 0.29) is 5.41 Å². The Morgan fingerprint density at radius 1 is 1.09 bits per heavy atom. The van der Waals surface area contributed by atoms with Gasteiger partial charge in [-0.25, -0.2) is 0 Å². The molecule has 1 nitrogen and oxygen atoms in total. The largest absolute Gasteiger partial charge is 0.396 e. The zero-order valence-corrected chi connectivity index (χ0v) is 8.19. The summed E-state index contributed by atoms with van der Waals surface area (Å²) in [6.07, 6.45) is 6.37. The Bertz CT molecular complexity index is 86.9. The third kappa shape index (κ3) is 6.36. The topological polar surface area (TPSA) is 20.2 Å². The molecule has 0 amide bonds. The van der Waals surface area contributed by atoms with E-state index < -0.39 is 0 Å². The van der Waals surface area contributed by atoms with Crippen molar-refractivity contribution >= 4 is 0 Å². The van der Waals surface area contributed by atoms with Gasteiger partial charge in [0.25, 0.3) is 0 Å². The van der Waals surface area contributed by atoms with Crippen molar-refractivity contribution in [3.05, 3.63) is 0 Å². The summed E-state index contributed by atoms with van der Waals surface area (Å²) in [5.41, 5.74) is 0.147. The van der Waals surface area contributed by atoms with Gasteiger partial charge in [-0.1, -0.05) is 46.5 Å². The first-order valence-electron chi connectivity index (χ1n) is 4.73. The van der Waals surface area contributed by atoms with Gasteiger partial charge in [-0.05, 0) is 11.8 Å².